The maximum absolute atomic E-state index is 10.6. The summed E-state index contributed by atoms with van der Waals surface area (Å²) in [4.78, 5) is 10.6. The molecule has 0 saturated carbocycles. The van der Waals surface area contributed by atoms with E-state index in [1.54, 1.807) is 12.1 Å². The van der Waals surface area contributed by atoms with Gasteiger partial charge in [-0.3, -0.25) is 0 Å². The fourth-order valence-corrected chi connectivity index (χ4v) is 0.612. The van der Waals surface area contributed by atoms with Gasteiger partial charge < -0.3 is 4.79 Å². The van der Waals surface area contributed by atoms with Gasteiger partial charge in [0.25, 0.3) is 0 Å². The average Bonchev–Trinajstić information content (AvgIpc) is 1.90. The number of carbonyl (C=O) groups excluding carboxylic acids is 1. The Morgan fingerprint density at radius 2 is 2.00 bits per heavy atom. The molecule has 0 aliphatic heterocycles. The van der Waals surface area contributed by atoms with Gasteiger partial charge in [0.05, 0.1) is 5.78 Å². The van der Waals surface area contributed by atoms with Crippen molar-refractivity contribution in [3.8, 4) is 0 Å². The van der Waals surface area contributed by atoms with Crippen molar-refractivity contribution in [2.24, 2.45) is 0 Å². The second-order valence-corrected chi connectivity index (χ2v) is 1.83. The monoisotopic (exact) mass is 297 g/mol. The van der Waals surface area contributed by atoms with Crippen molar-refractivity contribution in [2.45, 2.75) is 6.92 Å². The molecule has 0 atom stereocenters. The number of benzene rings is 1. The summed E-state index contributed by atoms with van der Waals surface area (Å²) in [5.74, 6) is 0.0654. The van der Waals surface area contributed by atoms with Crippen LogP contribution < -0.4 is 0 Å². The number of hydrogen-bond acceptors (Lipinski definition) is 1. The van der Waals surface area contributed by atoms with Gasteiger partial charge in [-0.05, 0) is 6.92 Å². The van der Waals surface area contributed by atoms with E-state index in [9.17, 15) is 4.79 Å². The van der Waals surface area contributed by atoms with E-state index in [0.29, 0.717) is 5.56 Å². The second kappa shape index (κ2) is 7.73. The summed E-state index contributed by atoms with van der Waals surface area (Å²) in [5, 5.41) is 0. The van der Waals surface area contributed by atoms with E-state index >= 15 is 0 Å². The Kier molecular flexibility index (Phi) is 10.3. The van der Waals surface area contributed by atoms with E-state index < -0.39 is 0 Å². The van der Waals surface area contributed by atoms with Crippen LogP contribution in [-0.2, 0) is 65.4 Å². The van der Waals surface area contributed by atoms with Crippen LogP contribution in [0.2, 0.25) is 0 Å². The largest absolute Gasteiger partial charge is 0.352 e. The molecular formula is C8H7OY2-. The minimum Gasteiger partial charge on any atom is -0.352 e. The molecule has 0 aromatic heterocycles. The Morgan fingerprint density at radius 1 is 1.36 bits per heavy atom. The first-order chi connectivity index (χ1) is 4.30. The molecule has 0 bridgehead atoms. The van der Waals surface area contributed by atoms with Crippen molar-refractivity contribution in [2.75, 3.05) is 0 Å². The van der Waals surface area contributed by atoms with Crippen LogP contribution in [0.15, 0.2) is 24.3 Å². The van der Waals surface area contributed by atoms with Crippen molar-refractivity contribution in [1.29, 1.82) is 0 Å². The van der Waals surface area contributed by atoms with Gasteiger partial charge in [-0.15, -0.1) is 35.9 Å². The average molecular weight is 297 g/mol. The Bertz CT molecular complexity index is 209. The molecule has 0 unspecified atom stereocenters. The van der Waals surface area contributed by atoms with Crippen LogP contribution in [0.4, 0.5) is 0 Å². The smallest absolute Gasteiger partial charge is 0.0755 e. The summed E-state index contributed by atoms with van der Waals surface area (Å²) in [5.41, 5.74) is 0.650. The van der Waals surface area contributed by atoms with E-state index in [1.807, 2.05) is 12.1 Å². The Labute approximate surface area is 117 Å². The predicted molar refractivity (Wildman–Crippen MR) is 35.3 cm³/mol. The molecule has 0 saturated heterocycles. The molecule has 11 heavy (non-hydrogen) atoms. The molecule has 0 fully saturated rings. The van der Waals surface area contributed by atoms with Gasteiger partial charge in [-0.2, -0.15) is 0 Å². The molecule has 52 valence electrons. The Morgan fingerprint density at radius 3 is 2.27 bits per heavy atom. The number of hydrogen-bond donors (Lipinski definition) is 0. The fourth-order valence-electron chi connectivity index (χ4n) is 0.612. The van der Waals surface area contributed by atoms with Crippen LogP contribution >= 0.6 is 0 Å². The summed E-state index contributed by atoms with van der Waals surface area (Å²) in [7, 11) is 0. The van der Waals surface area contributed by atoms with E-state index in [1.165, 1.54) is 6.92 Å². The van der Waals surface area contributed by atoms with E-state index in [4.69, 9.17) is 0 Å². The van der Waals surface area contributed by atoms with E-state index in [0.717, 1.165) is 0 Å². The molecule has 1 aromatic rings. The standard InChI is InChI=1S/C8H7O.2Y/c1-7(9)8-5-3-2-4-6-8;;/h2-5H,1H3;;/q-1;;. The van der Waals surface area contributed by atoms with Crippen LogP contribution in [0.5, 0.6) is 0 Å². The molecule has 2 radical (unpaired) electrons. The van der Waals surface area contributed by atoms with Crippen LogP contribution in [0.1, 0.15) is 17.3 Å². The SMILES string of the molecule is CC(=O)c1[c-]cccc1.[Y].[Y]. The van der Waals surface area contributed by atoms with Gasteiger partial charge in [0.1, 0.15) is 0 Å². The van der Waals surface area contributed by atoms with Gasteiger partial charge >= 0.3 is 0 Å². The molecule has 3 heteroatoms. The van der Waals surface area contributed by atoms with Crippen LogP contribution in [0.3, 0.4) is 0 Å². The van der Waals surface area contributed by atoms with E-state index in [2.05, 4.69) is 6.07 Å². The minimum absolute atomic E-state index is 0. The summed E-state index contributed by atoms with van der Waals surface area (Å²) < 4.78 is 0. The normalized spacial score (nSPS) is 7.36. The molecule has 0 amide bonds. The topological polar surface area (TPSA) is 17.1 Å². The molecule has 0 spiro atoms. The molecule has 0 heterocycles. The Hall–Kier alpha value is 1.10. The van der Waals surface area contributed by atoms with Crippen molar-refractivity contribution in [3.05, 3.63) is 35.9 Å². The first-order valence-corrected chi connectivity index (χ1v) is 2.78. The van der Waals surface area contributed by atoms with Gasteiger partial charge in [0.2, 0.25) is 0 Å². The van der Waals surface area contributed by atoms with E-state index in [-0.39, 0.29) is 71.2 Å². The zero-order chi connectivity index (χ0) is 6.69. The third-order valence-corrected chi connectivity index (χ3v) is 1.09. The van der Waals surface area contributed by atoms with Gasteiger partial charge in [0.15, 0.2) is 0 Å². The molecule has 0 N–H and O–H groups in total. The fraction of sp³-hybridized carbons (Fsp3) is 0.125. The van der Waals surface area contributed by atoms with Crippen molar-refractivity contribution < 1.29 is 70.2 Å². The molecule has 0 aliphatic carbocycles. The van der Waals surface area contributed by atoms with Crippen molar-refractivity contribution in [3.63, 3.8) is 0 Å². The number of ketones is 1. The zero-order valence-corrected chi connectivity index (χ0v) is 12.0. The van der Waals surface area contributed by atoms with Crippen LogP contribution in [0.25, 0.3) is 0 Å². The second-order valence-electron chi connectivity index (χ2n) is 1.83. The molecule has 1 rings (SSSR count). The molecular weight excluding hydrogens is 290 g/mol. The van der Waals surface area contributed by atoms with Gasteiger partial charge in [-0.1, -0.05) is 0 Å². The summed E-state index contributed by atoms with van der Waals surface area (Å²) in [6.07, 6.45) is 0. The number of carbonyl (C=O) groups is 1. The summed E-state index contributed by atoms with van der Waals surface area (Å²) in [6, 6.07) is 9.97. The van der Waals surface area contributed by atoms with Crippen molar-refractivity contribution >= 4 is 5.78 Å². The van der Waals surface area contributed by atoms with Crippen LogP contribution in [-0.4, -0.2) is 5.78 Å². The zero-order valence-electron chi connectivity index (χ0n) is 6.37. The molecule has 1 aromatic carbocycles. The maximum Gasteiger partial charge on any atom is 0.0755 e. The first kappa shape index (κ1) is 14.6. The Balaban J connectivity index is 0. The number of Topliss-reactive ketones (excluding diaryl/α,β-unsaturated/α-hetero) is 1. The summed E-state index contributed by atoms with van der Waals surface area (Å²) >= 11 is 0. The molecule has 1 nitrogen and oxygen atoms in total. The summed E-state index contributed by atoms with van der Waals surface area (Å²) in [6.45, 7) is 1.53. The quantitative estimate of drug-likeness (QED) is 0.569. The van der Waals surface area contributed by atoms with Crippen LogP contribution in [0, 0.1) is 6.07 Å². The van der Waals surface area contributed by atoms with Gasteiger partial charge in [-0.25, -0.2) is 0 Å². The number of rotatable bonds is 1. The third kappa shape index (κ3) is 5.35. The molecule has 0 aliphatic rings. The third-order valence-electron chi connectivity index (χ3n) is 1.09. The first-order valence-electron chi connectivity index (χ1n) is 2.78. The minimum atomic E-state index is 0. The predicted octanol–water partition coefficient (Wildman–Crippen LogP) is 1.68. The van der Waals surface area contributed by atoms with Crippen molar-refractivity contribution in [1.82, 2.24) is 0 Å². The van der Waals surface area contributed by atoms with Gasteiger partial charge in [0, 0.05) is 65.4 Å². The maximum atomic E-state index is 10.6.